The quantitative estimate of drug-likeness (QED) is 0.365. The Balaban J connectivity index is 1.56. The molecule has 0 radical (unpaired) electrons. The van der Waals surface area contributed by atoms with Crippen LogP contribution < -0.4 is 20.3 Å². The van der Waals surface area contributed by atoms with Gasteiger partial charge in [-0.15, -0.1) is 0 Å². The van der Waals surface area contributed by atoms with Gasteiger partial charge in [0, 0.05) is 11.3 Å². The van der Waals surface area contributed by atoms with Crippen molar-refractivity contribution in [2.45, 2.75) is 6.18 Å². The normalized spacial score (nSPS) is 13.7. The van der Waals surface area contributed by atoms with E-state index in [0.29, 0.717) is 0 Å². The number of hydrogen-bond acceptors (Lipinski definition) is 5. The second-order valence-electron chi connectivity index (χ2n) is 7.66. The first-order valence-corrected chi connectivity index (χ1v) is 11.2. The van der Waals surface area contributed by atoms with Gasteiger partial charge in [0.2, 0.25) is 0 Å². The first-order chi connectivity index (χ1) is 17.5. The molecule has 4 rings (SSSR count). The number of imide groups is 1. The number of nitrogens with zero attached hydrogens (tertiary/aromatic N) is 1. The summed E-state index contributed by atoms with van der Waals surface area (Å²) < 4.78 is 44.3. The van der Waals surface area contributed by atoms with Crippen LogP contribution in [0.5, 0.6) is 5.75 Å². The maximum atomic E-state index is 13.1. The molecule has 0 unspecified atom stereocenters. The summed E-state index contributed by atoms with van der Waals surface area (Å²) in [6.45, 7) is 0. The summed E-state index contributed by atoms with van der Waals surface area (Å²) >= 11 is 12.1. The van der Waals surface area contributed by atoms with Gasteiger partial charge in [-0.2, -0.15) is 13.2 Å². The predicted octanol–water partition coefficient (Wildman–Crippen LogP) is 6.06. The van der Waals surface area contributed by atoms with E-state index in [-0.39, 0.29) is 44.1 Å². The third-order valence-corrected chi connectivity index (χ3v) is 5.97. The topological polar surface area (TPSA) is 87.7 Å². The lowest BCUT2D eigenvalue weighted by molar-refractivity contribution is -0.137. The van der Waals surface area contributed by atoms with Crippen LogP contribution in [0.2, 0.25) is 5.02 Å². The van der Waals surface area contributed by atoms with Gasteiger partial charge in [0.05, 0.1) is 29.1 Å². The largest absolute Gasteiger partial charge is 0.495 e. The van der Waals surface area contributed by atoms with Gasteiger partial charge in [0.25, 0.3) is 17.7 Å². The summed E-state index contributed by atoms with van der Waals surface area (Å²) in [5.74, 6) is -1.99. The summed E-state index contributed by atoms with van der Waals surface area (Å²) in [7, 11) is 1.39. The predicted molar refractivity (Wildman–Crippen MR) is 133 cm³/mol. The molecule has 0 aliphatic carbocycles. The molecule has 7 nitrogen and oxygen atoms in total. The summed E-state index contributed by atoms with van der Waals surface area (Å²) in [4.78, 5) is 39.4. The Kier molecular flexibility index (Phi) is 7.15. The Morgan fingerprint density at radius 2 is 1.68 bits per heavy atom. The first kappa shape index (κ1) is 26.1. The maximum absolute atomic E-state index is 13.1. The molecule has 0 spiro atoms. The van der Waals surface area contributed by atoms with E-state index in [2.05, 4.69) is 10.6 Å². The van der Waals surface area contributed by atoms with Crippen LogP contribution in [0, 0.1) is 0 Å². The van der Waals surface area contributed by atoms with Crippen LogP contribution in [0.15, 0.2) is 77.5 Å². The molecular weight excluding hydrogens is 534 g/mol. The first-order valence-electron chi connectivity index (χ1n) is 10.5. The molecule has 0 aromatic heterocycles. The standard InChI is InChI=1S/C25H16Cl2F3N3O4/c1-37-19-8-3-2-7-18(19)33-23(35)20(27)21(24(33)36)31-15-6-4-5-13(11-15)22(34)32-17-12-14(25(28,29)30)9-10-16(17)26/h2-12,31H,1H3,(H,32,34). The van der Waals surface area contributed by atoms with Crippen molar-refractivity contribution in [3.05, 3.63) is 93.6 Å². The smallest absolute Gasteiger partial charge is 0.416 e. The molecule has 3 amide bonds. The molecule has 37 heavy (non-hydrogen) atoms. The van der Waals surface area contributed by atoms with Crippen molar-refractivity contribution in [1.82, 2.24) is 0 Å². The molecule has 1 heterocycles. The number of halogens is 5. The number of anilines is 3. The van der Waals surface area contributed by atoms with Crippen LogP contribution in [0.25, 0.3) is 0 Å². The highest BCUT2D eigenvalue weighted by atomic mass is 35.5. The third-order valence-electron chi connectivity index (χ3n) is 5.29. The second kappa shape index (κ2) is 10.2. The van der Waals surface area contributed by atoms with Crippen molar-refractivity contribution < 1.29 is 32.3 Å². The lowest BCUT2D eigenvalue weighted by atomic mass is 10.1. The van der Waals surface area contributed by atoms with E-state index in [9.17, 15) is 27.6 Å². The minimum atomic E-state index is -4.62. The Morgan fingerprint density at radius 1 is 0.946 bits per heavy atom. The lowest BCUT2D eigenvalue weighted by Gasteiger charge is -2.18. The highest BCUT2D eigenvalue weighted by molar-refractivity contribution is 6.53. The molecule has 1 aliphatic heterocycles. The number of carbonyl (C=O) groups excluding carboxylic acids is 3. The highest BCUT2D eigenvalue weighted by Gasteiger charge is 2.40. The fourth-order valence-electron chi connectivity index (χ4n) is 3.52. The number of amides is 3. The van der Waals surface area contributed by atoms with Crippen molar-refractivity contribution in [2.24, 2.45) is 0 Å². The number of benzene rings is 3. The average Bonchev–Trinajstić information content (AvgIpc) is 3.07. The zero-order chi connectivity index (χ0) is 26.9. The van der Waals surface area contributed by atoms with Crippen molar-refractivity contribution >= 4 is 58.0 Å². The minimum absolute atomic E-state index is 0.0357. The van der Waals surface area contributed by atoms with Gasteiger partial charge in [-0.05, 0) is 48.5 Å². The number of nitrogens with one attached hydrogen (secondary N) is 2. The number of rotatable bonds is 6. The SMILES string of the molecule is COc1ccccc1N1C(=O)C(Cl)=C(Nc2cccc(C(=O)Nc3cc(C(F)(F)F)ccc3Cl)c2)C1=O. The summed E-state index contributed by atoms with van der Waals surface area (Å²) in [6, 6.07) is 14.7. The second-order valence-corrected chi connectivity index (χ2v) is 8.44. The van der Waals surface area contributed by atoms with Crippen LogP contribution in [-0.2, 0) is 15.8 Å². The molecule has 190 valence electrons. The molecule has 0 saturated carbocycles. The molecule has 1 aliphatic rings. The molecule has 0 fully saturated rings. The highest BCUT2D eigenvalue weighted by Crippen LogP contribution is 2.36. The van der Waals surface area contributed by atoms with E-state index in [1.165, 1.54) is 37.4 Å². The fraction of sp³-hybridized carbons (Fsp3) is 0.0800. The Labute approximate surface area is 218 Å². The van der Waals surface area contributed by atoms with Crippen LogP contribution >= 0.6 is 23.2 Å². The molecule has 0 saturated heterocycles. The molecule has 0 atom stereocenters. The number of alkyl halides is 3. The van der Waals surface area contributed by atoms with Crippen LogP contribution in [0.1, 0.15) is 15.9 Å². The van der Waals surface area contributed by atoms with E-state index in [4.69, 9.17) is 27.9 Å². The van der Waals surface area contributed by atoms with E-state index < -0.39 is 29.5 Å². The Morgan fingerprint density at radius 3 is 2.38 bits per heavy atom. The Hall–Kier alpha value is -4.02. The third kappa shape index (κ3) is 5.25. The summed E-state index contributed by atoms with van der Waals surface area (Å²) in [5, 5.41) is 4.64. The van der Waals surface area contributed by atoms with E-state index in [1.807, 2.05) is 0 Å². The molecule has 0 bridgehead atoms. The number of ether oxygens (including phenoxy) is 1. The number of carbonyl (C=O) groups is 3. The van der Waals surface area contributed by atoms with Crippen molar-refractivity contribution in [3.8, 4) is 5.75 Å². The van der Waals surface area contributed by atoms with Gasteiger partial charge >= 0.3 is 6.18 Å². The van der Waals surface area contributed by atoms with Crippen LogP contribution in [0.4, 0.5) is 30.2 Å². The average molecular weight is 550 g/mol. The van der Waals surface area contributed by atoms with Gasteiger partial charge in [-0.1, -0.05) is 41.4 Å². The van der Waals surface area contributed by atoms with E-state index >= 15 is 0 Å². The molecule has 3 aromatic carbocycles. The van der Waals surface area contributed by atoms with Gasteiger partial charge in [0.1, 0.15) is 16.5 Å². The molecule has 2 N–H and O–H groups in total. The molecular formula is C25H16Cl2F3N3O4. The van der Waals surface area contributed by atoms with E-state index in [0.717, 1.165) is 23.1 Å². The minimum Gasteiger partial charge on any atom is -0.495 e. The monoisotopic (exact) mass is 549 g/mol. The maximum Gasteiger partial charge on any atom is 0.416 e. The fourth-order valence-corrected chi connectivity index (χ4v) is 3.90. The van der Waals surface area contributed by atoms with Gasteiger partial charge in [-0.3, -0.25) is 14.4 Å². The van der Waals surface area contributed by atoms with Crippen LogP contribution in [0.3, 0.4) is 0 Å². The number of para-hydroxylation sites is 2. The van der Waals surface area contributed by atoms with Crippen LogP contribution in [-0.4, -0.2) is 24.8 Å². The van der Waals surface area contributed by atoms with E-state index in [1.54, 1.807) is 18.2 Å². The molecule has 3 aromatic rings. The van der Waals surface area contributed by atoms with Crippen molar-refractivity contribution in [1.29, 1.82) is 0 Å². The zero-order valence-corrected chi connectivity index (χ0v) is 20.3. The van der Waals surface area contributed by atoms with Gasteiger partial charge in [0.15, 0.2) is 0 Å². The lowest BCUT2D eigenvalue weighted by Crippen LogP contribution is -2.32. The number of methoxy groups -OCH3 is 1. The van der Waals surface area contributed by atoms with Gasteiger partial charge < -0.3 is 15.4 Å². The zero-order valence-electron chi connectivity index (χ0n) is 18.8. The van der Waals surface area contributed by atoms with Crippen molar-refractivity contribution in [3.63, 3.8) is 0 Å². The molecule has 12 heteroatoms. The summed E-state index contributed by atoms with van der Waals surface area (Å²) in [6.07, 6.45) is -4.62. The Bertz CT molecular complexity index is 1460. The summed E-state index contributed by atoms with van der Waals surface area (Å²) in [5.41, 5.74) is -0.979. The van der Waals surface area contributed by atoms with Gasteiger partial charge in [-0.25, -0.2) is 4.90 Å². The number of hydrogen-bond donors (Lipinski definition) is 2. The van der Waals surface area contributed by atoms with Crippen molar-refractivity contribution in [2.75, 3.05) is 22.6 Å².